The molecule has 2 fully saturated rings. The van der Waals surface area contributed by atoms with Crippen LogP contribution in [0.3, 0.4) is 0 Å². The fraction of sp³-hybridized carbons (Fsp3) is 0.429. The van der Waals surface area contributed by atoms with Gasteiger partial charge in [0.25, 0.3) is 5.92 Å². The van der Waals surface area contributed by atoms with Crippen LogP contribution >= 0.6 is 0 Å². The Bertz CT molecular complexity index is 579. The summed E-state index contributed by atoms with van der Waals surface area (Å²) in [5, 5.41) is 9.02. The molecule has 1 N–H and O–H groups in total. The van der Waals surface area contributed by atoms with E-state index in [0.29, 0.717) is 4.90 Å². The maximum absolute atomic E-state index is 14.1. The SMILES string of the molecule is O=C(O)N1CC(F)(F)C2C1CC(=O)N2Cc1ccccc1. The van der Waals surface area contributed by atoms with Crippen molar-refractivity contribution in [3.8, 4) is 0 Å². The molecule has 0 bridgehead atoms. The van der Waals surface area contributed by atoms with Crippen molar-refractivity contribution in [2.24, 2.45) is 0 Å². The summed E-state index contributed by atoms with van der Waals surface area (Å²) in [7, 11) is 0. The van der Waals surface area contributed by atoms with Gasteiger partial charge < -0.3 is 10.0 Å². The number of carbonyl (C=O) groups is 2. The lowest BCUT2D eigenvalue weighted by Crippen LogP contribution is -2.46. The van der Waals surface area contributed by atoms with Crippen molar-refractivity contribution >= 4 is 12.0 Å². The molecule has 0 aromatic heterocycles. The van der Waals surface area contributed by atoms with Crippen LogP contribution in [0.1, 0.15) is 12.0 Å². The number of alkyl halides is 2. The lowest BCUT2D eigenvalue weighted by Gasteiger charge is -2.27. The van der Waals surface area contributed by atoms with Gasteiger partial charge in [0.05, 0.1) is 12.6 Å². The van der Waals surface area contributed by atoms with Crippen LogP contribution in [0.15, 0.2) is 30.3 Å². The third kappa shape index (κ3) is 2.22. The van der Waals surface area contributed by atoms with E-state index in [4.69, 9.17) is 5.11 Å². The van der Waals surface area contributed by atoms with Gasteiger partial charge in [0.15, 0.2) is 0 Å². The van der Waals surface area contributed by atoms with Crippen molar-refractivity contribution in [3.63, 3.8) is 0 Å². The molecule has 112 valence electrons. The van der Waals surface area contributed by atoms with Crippen molar-refractivity contribution < 1.29 is 23.5 Å². The first-order valence-electron chi connectivity index (χ1n) is 6.61. The molecule has 2 heterocycles. The van der Waals surface area contributed by atoms with Gasteiger partial charge in [-0.25, -0.2) is 13.6 Å². The lowest BCUT2D eigenvalue weighted by molar-refractivity contribution is -0.135. The predicted octanol–water partition coefficient (Wildman–Crippen LogP) is 1.79. The van der Waals surface area contributed by atoms with Crippen LogP contribution in [0.25, 0.3) is 0 Å². The number of nitrogens with zero attached hydrogens (tertiary/aromatic N) is 2. The number of hydrogen-bond acceptors (Lipinski definition) is 2. The Morgan fingerprint density at radius 1 is 1.33 bits per heavy atom. The normalized spacial score (nSPS) is 27.0. The number of fused-ring (bicyclic) bond motifs is 1. The van der Waals surface area contributed by atoms with Crippen molar-refractivity contribution in [3.05, 3.63) is 35.9 Å². The van der Waals surface area contributed by atoms with Crippen molar-refractivity contribution in [2.45, 2.75) is 31.0 Å². The van der Waals surface area contributed by atoms with E-state index in [-0.39, 0.29) is 13.0 Å². The molecule has 0 radical (unpaired) electrons. The monoisotopic (exact) mass is 296 g/mol. The smallest absolute Gasteiger partial charge is 0.407 e. The van der Waals surface area contributed by atoms with Crippen LogP contribution in [-0.2, 0) is 11.3 Å². The van der Waals surface area contributed by atoms with E-state index in [1.54, 1.807) is 30.3 Å². The third-order valence-corrected chi connectivity index (χ3v) is 4.06. The Kier molecular flexibility index (Phi) is 3.07. The zero-order chi connectivity index (χ0) is 15.2. The van der Waals surface area contributed by atoms with E-state index in [1.165, 1.54) is 0 Å². The Morgan fingerprint density at radius 3 is 2.62 bits per heavy atom. The largest absolute Gasteiger partial charge is 0.465 e. The van der Waals surface area contributed by atoms with E-state index in [1.807, 2.05) is 0 Å². The summed E-state index contributed by atoms with van der Waals surface area (Å²) in [6.07, 6.45) is -1.59. The number of benzene rings is 1. The van der Waals surface area contributed by atoms with Gasteiger partial charge in [-0.05, 0) is 5.56 Å². The van der Waals surface area contributed by atoms with Gasteiger partial charge in [0, 0.05) is 13.0 Å². The maximum Gasteiger partial charge on any atom is 0.407 e. The first-order chi connectivity index (χ1) is 9.90. The molecule has 2 saturated heterocycles. The minimum atomic E-state index is -3.22. The first-order valence-corrected chi connectivity index (χ1v) is 6.61. The number of rotatable bonds is 2. The van der Waals surface area contributed by atoms with Crippen LogP contribution in [0.4, 0.5) is 13.6 Å². The van der Waals surface area contributed by atoms with Gasteiger partial charge in [-0.1, -0.05) is 30.3 Å². The zero-order valence-corrected chi connectivity index (χ0v) is 11.1. The van der Waals surface area contributed by atoms with Gasteiger partial charge in [-0.3, -0.25) is 9.69 Å². The summed E-state index contributed by atoms with van der Waals surface area (Å²) < 4.78 is 28.3. The average molecular weight is 296 g/mol. The van der Waals surface area contributed by atoms with Crippen LogP contribution < -0.4 is 0 Å². The highest BCUT2D eigenvalue weighted by Crippen LogP contribution is 2.42. The van der Waals surface area contributed by atoms with Gasteiger partial charge in [-0.2, -0.15) is 0 Å². The number of carbonyl (C=O) groups excluding carboxylic acids is 1. The minimum absolute atomic E-state index is 0.0733. The number of amides is 2. The molecule has 7 heteroatoms. The maximum atomic E-state index is 14.1. The van der Waals surface area contributed by atoms with Crippen LogP contribution in [0.5, 0.6) is 0 Å². The summed E-state index contributed by atoms with van der Waals surface area (Å²) in [6, 6.07) is 6.50. The van der Waals surface area contributed by atoms with E-state index < -0.39 is 36.6 Å². The molecule has 0 aliphatic carbocycles. The molecule has 2 unspecified atom stereocenters. The summed E-state index contributed by atoms with van der Waals surface area (Å²) >= 11 is 0. The molecule has 2 atom stereocenters. The summed E-state index contributed by atoms with van der Waals surface area (Å²) in [4.78, 5) is 24.9. The van der Waals surface area contributed by atoms with Crippen LogP contribution in [0, 0.1) is 0 Å². The van der Waals surface area contributed by atoms with Crippen molar-refractivity contribution in [2.75, 3.05) is 6.54 Å². The highest BCUT2D eigenvalue weighted by Gasteiger charge is 2.63. The fourth-order valence-electron chi connectivity index (χ4n) is 3.17. The zero-order valence-electron chi connectivity index (χ0n) is 11.1. The van der Waals surface area contributed by atoms with Crippen LogP contribution in [-0.4, -0.2) is 51.5 Å². The molecule has 0 spiro atoms. The number of carboxylic acid groups (broad SMARTS) is 1. The van der Waals surface area contributed by atoms with E-state index in [0.717, 1.165) is 10.5 Å². The second-order valence-corrected chi connectivity index (χ2v) is 5.40. The van der Waals surface area contributed by atoms with Gasteiger partial charge in [0.2, 0.25) is 5.91 Å². The Hall–Kier alpha value is -2.18. The molecule has 3 rings (SSSR count). The molecule has 5 nitrogen and oxygen atoms in total. The molecule has 2 aliphatic rings. The molecular weight excluding hydrogens is 282 g/mol. The number of likely N-dealkylation sites (tertiary alicyclic amines) is 2. The molecule has 21 heavy (non-hydrogen) atoms. The van der Waals surface area contributed by atoms with E-state index >= 15 is 0 Å². The molecule has 1 aromatic rings. The highest BCUT2D eigenvalue weighted by molar-refractivity contribution is 5.82. The van der Waals surface area contributed by atoms with E-state index in [9.17, 15) is 18.4 Å². The number of halogens is 2. The van der Waals surface area contributed by atoms with Gasteiger partial charge in [0.1, 0.15) is 6.04 Å². The molecule has 0 saturated carbocycles. The molecular formula is C14H14F2N2O3. The quantitative estimate of drug-likeness (QED) is 0.905. The summed E-state index contributed by atoms with van der Waals surface area (Å²) in [6.45, 7) is -0.778. The fourth-order valence-corrected chi connectivity index (χ4v) is 3.17. The molecule has 1 aromatic carbocycles. The highest BCUT2D eigenvalue weighted by atomic mass is 19.3. The molecule has 2 amide bonds. The lowest BCUT2D eigenvalue weighted by atomic mass is 10.1. The summed E-state index contributed by atoms with van der Waals surface area (Å²) in [5.41, 5.74) is 0.746. The molecule has 2 aliphatic heterocycles. The van der Waals surface area contributed by atoms with Crippen LogP contribution in [0.2, 0.25) is 0 Å². The van der Waals surface area contributed by atoms with E-state index in [2.05, 4.69) is 0 Å². The number of hydrogen-bond donors (Lipinski definition) is 1. The van der Waals surface area contributed by atoms with Crippen molar-refractivity contribution in [1.82, 2.24) is 9.80 Å². The standard InChI is InChI=1S/C14H14F2N2O3/c15-14(16)8-18(13(20)21)10-6-11(19)17(12(10)14)7-9-4-2-1-3-5-9/h1-5,10,12H,6-8H2,(H,20,21). The Morgan fingerprint density at radius 2 is 2.00 bits per heavy atom. The van der Waals surface area contributed by atoms with Gasteiger partial charge >= 0.3 is 6.09 Å². The first kappa shape index (κ1) is 13.8. The summed E-state index contributed by atoms with van der Waals surface area (Å²) in [5.74, 6) is -3.65. The van der Waals surface area contributed by atoms with Crippen molar-refractivity contribution in [1.29, 1.82) is 0 Å². The second-order valence-electron chi connectivity index (χ2n) is 5.40. The average Bonchev–Trinajstić information content (AvgIpc) is 2.87. The Balaban J connectivity index is 1.89. The topological polar surface area (TPSA) is 60.9 Å². The third-order valence-electron chi connectivity index (χ3n) is 4.06. The van der Waals surface area contributed by atoms with Gasteiger partial charge in [-0.15, -0.1) is 0 Å². The second kappa shape index (κ2) is 4.68. The minimum Gasteiger partial charge on any atom is -0.465 e. The Labute approximate surface area is 119 Å². The predicted molar refractivity (Wildman–Crippen MR) is 68.9 cm³/mol.